The van der Waals surface area contributed by atoms with E-state index in [9.17, 15) is 4.55 Å². The normalized spacial score (nSPS) is 10.9. The molecule has 0 N–H and O–H groups in total. The fourth-order valence-electron chi connectivity index (χ4n) is 0.372. The van der Waals surface area contributed by atoms with Crippen LogP contribution in [0.5, 0.6) is 0 Å². The molecule has 10 heavy (non-hydrogen) atoms. The van der Waals surface area contributed by atoms with Crippen LogP contribution in [0.3, 0.4) is 0 Å². The van der Waals surface area contributed by atoms with Crippen molar-refractivity contribution in [2.45, 2.75) is 6.92 Å². The van der Waals surface area contributed by atoms with Crippen molar-refractivity contribution < 1.29 is 4.55 Å². The van der Waals surface area contributed by atoms with Crippen LogP contribution >= 0.6 is 0 Å². The summed E-state index contributed by atoms with van der Waals surface area (Å²) in [5.74, 6) is 0.679. The zero-order valence-corrected chi connectivity index (χ0v) is 6.93. The Hall–Kier alpha value is 0.700. The van der Waals surface area contributed by atoms with Gasteiger partial charge in [-0.05, 0) is 0 Å². The molecule has 0 heterocycles. The first-order valence-electron chi connectivity index (χ1n) is 3.14. The van der Waals surface area contributed by atoms with Crippen LogP contribution < -0.4 is 0 Å². The Labute approximate surface area is 68.9 Å². The number of rotatable bonds is 4. The third-order valence-corrected chi connectivity index (χ3v) is 1.90. The van der Waals surface area contributed by atoms with Gasteiger partial charge in [0, 0.05) is 0 Å². The molecule has 0 amide bonds. The molecule has 0 aliphatic rings. The Bertz CT molecular complexity index is 145. The summed E-state index contributed by atoms with van der Waals surface area (Å²) in [5.41, 5.74) is 0. The van der Waals surface area contributed by atoms with Crippen LogP contribution in [0.15, 0.2) is 0 Å². The van der Waals surface area contributed by atoms with Crippen LogP contribution in [0, 0.1) is 0 Å². The summed E-state index contributed by atoms with van der Waals surface area (Å²) in [4.78, 5) is 0. The van der Waals surface area contributed by atoms with Crippen molar-refractivity contribution in [2.24, 2.45) is 0 Å². The predicted molar refractivity (Wildman–Crippen MR) is 54.6 cm³/mol. The SMILES string of the molecule is B=BB=BB=B[S+]([O-])CC. The fourth-order valence-corrected chi connectivity index (χ4v) is 0.830. The van der Waals surface area contributed by atoms with E-state index in [1.54, 1.807) is 32.9 Å². The quantitative estimate of drug-likeness (QED) is 0.319. The summed E-state index contributed by atoms with van der Waals surface area (Å²) in [7, 11) is 3.50. The van der Waals surface area contributed by atoms with E-state index in [0.29, 0.717) is 5.75 Å². The van der Waals surface area contributed by atoms with E-state index in [2.05, 4.69) is 7.37 Å². The summed E-state index contributed by atoms with van der Waals surface area (Å²) in [5, 5.41) is 0. The molecule has 0 bridgehead atoms. The van der Waals surface area contributed by atoms with Crippen molar-refractivity contribution in [2.75, 3.05) is 5.75 Å². The summed E-state index contributed by atoms with van der Waals surface area (Å²) in [6, 6.07) is 0. The average molecular weight is 143 g/mol. The second-order valence-electron chi connectivity index (χ2n) is 1.62. The Kier molecular flexibility index (Phi) is 8.35. The maximum absolute atomic E-state index is 10.7. The maximum atomic E-state index is 10.7. The Morgan fingerprint density at radius 2 is 2.10 bits per heavy atom. The fraction of sp³-hybridized carbons (Fsp3) is 1.00. The first-order valence-corrected chi connectivity index (χ1v) is 4.52. The van der Waals surface area contributed by atoms with Gasteiger partial charge in [0.2, 0.25) is 0 Å². The van der Waals surface area contributed by atoms with Crippen molar-refractivity contribution in [3.8, 4) is 0 Å². The summed E-state index contributed by atoms with van der Waals surface area (Å²) in [6.07, 6.45) is 1.67. The van der Waals surface area contributed by atoms with Crippen molar-refractivity contribution in [3.05, 3.63) is 0 Å². The summed E-state index contributed by atoms with van der Waals surface area (Å²) < 4.78 is 10.7. The van der Waals surface area contributed by atoms with E-state index < -0.39 is 11.0 Å². The zero-order valence-electron chi connectivity index (χ0n) is 6.12. The molecule has 1 atom stereocenters. The first-order chi connectivity index (χ1) is 4.81. The van der Waals surface area contributed by atoms with Gasteiger partial charge < -0.3 is 0 Å². The van der Waals surface area contributed by atoms with Crippen molar-refractivity contribution in [3.63, 3.8) is 0 Å². The molecule has 0 fully saturated rings. The third kappa shape index (κ3) is 6.81. The van der Waals surface area contributed by atoms with Crippen LogP contribution in [0.2, 0.25) is 0 Å². The van der Waals surface area contributed by atoms with Crippen LogP contribution in [-0.2, 0) is 11.0 Å². The molecule has 8 heteroatoms. The molecular formula is C2H6B6OS. The number of hydrogen-bond acceptors (Lipinski definition) is 1. The Morgan fingerprint density at radius 1 is 1.40 bits per heavy atom. The van der Waals surface area contributed by atoms with Gasteiger partial charge in [0.1, 0.15) is 0 Å². The minimum absolute atomic E-state index is 0.679. The van der Waals surface area contributed by atoms with Gasteiger partial charge in [-0.25, -0.2) is 0 Å². The van der Waals surface area contributed by atoms with Crippen LogP contribution in [0.4, 0.5) is 0 Å². The van der Waals surface area contributed by atoms with Gasteiger partial charge in [0.15, 0.2) is 0 Å². The third-order valence-electron chi connectivity index (χ3n) is 0.873. The molecule has 0 spiro atoms. The van der Waals surface area contributed by atoms with E-state index in [1.807, 2.05) is 6.92 Å². The molecule has 0 aromatic rings. The van der Waals surface area contributed by atoms with E-state index in [4.69, 9.17) is 0 Å². The molecule has 0 rings (SSSR count). The molecular weight excluding hydrogens is 137 g/mol. The minimum atomic E-state index is -0.797. The molecule has 44 valence electrons. The Balaban J connectivity index is 3.54. The van der Waals surface area contributed by atoms with Crippen LogP contribution in [0.1, 0.15) is 6.92 Å². The van der Waals surface area contributed by atoms with Crippen molar-refractivity contribution in [1.82, 2.24) is 0 Å². The van der Waals surface area contributed by atoms with E-state index >= 15 is 0 Å². The van der Waals surface area contributed by atoms with E-state index in [1.165, 1.54) is 0 Å². The molecule has 0 saturated carbocycles. The first kappa shape index (κ1) is 10.7. The van der Waals surface area contributed by atoms with Gasteiger partial charge >= 0.3 is 68.5 Å². The second-order valence-corrected chi connectivity index (χ2v) is 3.23. The average Bonchev–Trinajstić information content (AvgIpc) is 1.98. The molecule has 0 radical (unpaired) electrons. The van der Waals surface area contributed by atoms with E-state index in [0.717, 1.165) is 0 Å². The monoisotopic (exact) mass is 144 g/mol. The Morgan fingerprint density at radius 3 is 2.60 bits per heavy atom. The number of hydrogen-bond donors (Lipinski definition) is 0. The topological polar surface area (TPSA) is 23.1 Å². The van der Waals surface area contributed by atoms with Gasteiger partial charge in [-0.3, -0.25) is 0 Å². The molecule has 0 aliphatic heterocycles. The van der Waals surface area contributed by atoms with E-state index in [-0.39, 0.29) is 0 Å². The summed E-state index contributed by atoms with van der Waals surface area (Å²) in [6.45, 7) is 8.93. The molecule has 0 aromatic carbocycles. The van der Waals surface area contributed by atoms with Gasteiger partial charge in [-0.1, -0.05) is 0 Å². The standard InChI is InChI=1S/C2H6B6OS/c1-2-10(9)8-7-6-5-4-3/h3H,2H2,1H3. The summed E-state index contributed by atoms with van der Waals surface area (Å²) >= 11 is -0.797. The van der Waals surface area contributed by atoms with Crippen LogP contribution in [0.25, 0.3) is 0 Å². The van der Waals surface area contributed by atoms with Gasteiger partial charge in [0.25, 0.3) is 0 Å². The predicted octanol–water partition coefficient (Wildman–Crippen LogP) is -2.33. The van der Waals surface area contributed by atoms with Gasteiger partial charge in [-0.15, -0.1) is 0 Å². The van der Waals surface area contributed by atoms with Gasteiger partial charge in [-0.2, -0.15) is 0 Å². The van der Waals surface area contributed by atoms with Crippen LogP contribution in [-0.4, -0.2) is 50.5 Å². The molecule has 1 unspecified atom stereocenters. The molecule has 0 aliphatic carbocycles. The molecule has 1 nitrogen and oxygen atoms in total. The molecule has 0 aromatic heterocycles. The van der Waals surface area contributed by atoms with Gasteiger partial charge in [0.05, 0.1) is 0 Å². The zero-order chi connectivity index (χ0) is 7.82. The van der Waals surface area contributed by atoms with Crippen molar-refractivity contribution >= 4 is 51.2 Å². The molecule has 0 saturated heterocycles. The second kappa shape index (κ2) is 7.80. The van der Waals surface area contributed by atoms with Crippen molar-refractivity contribution in [1.29, 1.82) is 0 Å².